The fraction of sp³-hybridized carbons (Fsp3) is 0.364. The number of hydrogen-bond donors (Lipinski definition) is 3. The van der Waals surface area contributed by atoms with E-state index in [4.69, 9.17) is 9.84 Å². The van der Waals surface area contributed by atoms with Crippen LogP contribution in [-0.4, -0.2) is 52.8 Å². The summed E-state index contributed by atoms with van der Waals surface area (Å²) in [5.74, 6) is -0.188. The molecular formula is C11H14N4O3. The molecule has 2 rings (SSSR count). The van der Waals surface area contributed by atoms with E-state index in [1.165, 1.54) is 0 Å². The number of fused-ring (bicyclic) bond motifs is 1. The Hall–Kier alpha value is -1.99. The van der Waals surface area contributed by atoms with Gasteiger partial charge in [-0.25, -0.2) is 0 Å². The first-order valence-electron chi connectivity index (χ1n) is 5.58. The number of benzene rings is 1. The summed E-state index contributed by atoms with van der Waals surface area (Å²) in [6, 6.07) is 5.09. The smallest absolute Gasteiger partial charge is 0.251 e. The lowest BCUT2D eigenvalue weighted by atomic mass is 10.2. The molecular weight excluding hydrogens is 236 g/mol. The number of aromatic amines is 1. The minimum Gasteiger partial charge on any atom is -0.394 e. The molecule has 0 fully saturated rings. The molecule has 0 saturated carbocycles. The molecule has 0 unspecified atom stereocenters. The molecule has 0 radical (unpaired) electrons. The molecule has 1 amide bonds. The van der Waals surface area contributed by atoms with Gasteiger partial charge in [0.1, 0.15) is 11.0 Å². The van der Waals surface area contributed by atoms with Gasteiger partial charge in [-0.2, -0.15) is 15.4 Å². The molecule has 96 valence electrons. The SMILES string of the molecule is O=C(NCCOCCO)c1ccc2n[nH]nc2c1. The lowest BCUT2D eigenvalue weighted by Crippen LogP contribution is -2.27. The Morgan fingerprint density at radius 2 is 2.17 bits per heavy atom. The number of nitrogens with one attached hydrogen (secondary N) is 2. The summed E-state index contributed by atoms with van der Waals surface area (Å²) in [6.45, 7) is 1.03. The number of nitrogens with zero attached hydrogens (tertiary/aromatic N) is 2. The predicted octanol–water partition coefficient (Wildman–Crippen LogP) is -0.303. The molecule has 1 heterocycles. The zero-order chi connectivity index (χ0) is 12.8. The van der Waals surface area contributed by atoms with Crippen LogP contribution in [0.25, 0.3) is 11.0 Å². The topological polar surface area (TPSA) is 100 Å². The minimum absolute atomic E-state index is 0.0171. The summed E-state index contributed by atoms with van der Waals surface area (Å²) in [4.78, 5) is 11.8. The van der Waals surface area contributed by atoms with Crippen LogP contribution >= 0.6 is 0 Å². The van der Waals surface area contributed by atoms with Crippen molar-refractivity contribution in [1.29, 1.82) is 0 Å². The van der Waals surface area contributed by atoms with Gasteiger partial charge in [0.2, 0.25) is 0 Å². The molecule has 0 spiro atoms. The summed E-state index contributed by atoms with van der Waals surface area (Å²) in [7, 11) is 0. The highest BCUT2D eigenvalue weighted by atomic mass is 16.5. The van der Waals surface area contributed by atoms with Crippen molar-refractivity contribution in [2.24, 2.45) is 0 Å². The van der Waals surface area contributed by atoms with E-state index in [1.54, 1.807) is 18.2 Å². The average molecular weight is 250 g/mol. The van der Waals surface area contributed by atoms with Gasteiger partial charge in [0, 0.05) is 12.1 Å². The Kier molecular flexibility index (Phi) is 4.21. The summed E-state index contributed by atoms with van der Waals surface area (Å²) in [5, 5.41) is 21.5. The number of ether oxygens (including phenoxy) is 1. The van der Waals surface area contributed by atoms with Crippen molar-refractivity contribution in [3.05, 3.63) is 23.8 Å². The van der Waals surface area contributed by atoms with Crippen LogP contribution in [0.2, 0.25) is 0 Å². The van der Waals surface area contributed by atoms with Crippen molar-refractivity contribution in [2.75, 3.05) is 26.4 Å². The summed E-state index contributed by atoms with van der Waals surface area (Å²) in [5.41, 5.74) is 1.90. The molecule has 0 aliphatic rings. The fourth-order valence-electron chi connectivity index (χ4n) is 1.49. The van der Waals surface area contributed by atoms with Crippen LogP contribution < -0.4 is 5.32 Å². The van der Waals surface area contributed by atoms with Crippen LogP contribution in [0.3, 0.4) is 0 Å². The molecule has 7 nitrogen and oxygen atoms in total. The van der Waals surface area contributed by atoms with E-state index in [2.05, 4.69) is 20.7 Å². The predicted molar refractivity (Wildman–Crippen MR) is 64.1 cm³/mol. The maximum atomic E-state index is 11.8. The van der Waals surface area contributed by atoms with Gasteiger partial charge in [0.15, 0.2) is 0 Å². The number of aliphatic hydroxyl groups is 1. The molecule has 0 atom stereocenters. The Labute approximate surface area is 103 Å². The highest BCUT2D eigenvalue weighted by Crippen LogP contribution is 2.10. The van der Waals surface area contributed by atoms with Crippen LogP contribution in [0.4, 0.5) is 0 Å². The Morgan fingerprint density at radius 3 is 3.00 bits per heavy atom. The highest BCUT2D eigenvalue weighted by molar-refractivity contribution is 5.97. The van der Waals surface area contributed by atoms with Gasteiger partial charge in [0.25, 0.3) is 5.91 Å². The first-order valence-corrected chi connectivity index (χ1v) is 5.58. The zero-order valence-corrected chi connectivity index (χ0v) is 9.72. The number of aliphatic hydroxyl groups excluding tert-OH is 1. The number of carbonyl (C=O) groups excluding carboxylic acids is 1. The number of H-pyrrole nitrogens is 1. The molecule has 0 bridgehead atoms. The van der Waals surface area contributed by atoms with Gasteiger partial charge in [0.05, 0.1) is 19.8 Å². The van der Waals surface area contributed by atoms with Crippen molar-refractivity contribution in [1.82, 2.24) is 20.7 Å². The Bertz CT molecular complexity index is 526. The third-order valence-corrected chi connectivity index (χ3v) is 2.35. The van der Waals surface area contributed by atoms with Crippen molar-refractivity contribution in [2.45, 2.75) is 0 Å². The van der Waals surface area contributed by atoms with Crippen molar-refractivity contribution in [3.8, 4) is 0 Å². The van der Waals surface area contributed by atoms with Gasteiger partial charge in [-0.3, -0.25) is 4.79 Å². The quantitative estimate of drug-likeness (QED) is 0.611. The normalized spacial score (nSPS) is 10.7. The molecule has 1 aromatic heterocycles. The molecule has 0 aliphatic carbocycles. The van der Waals surface area contributed by atoms with Crippen molar-refractivity contribution >= 4 is 16.9 Å². The molecule has 0 saturated heterocycles. The van der Waals surface area contributed by atoms with Crippen molar-refractivity contribution < 1.29 is 14.6 Å². The van der Waals surface area contributed by atoms with E-state index in [0.29, 0.717) is 24.2 Å². The van der Waals surface area contributed by atoms with Crippen LogP contribution in [-0.2, 0) is 4.74 Å². The molecule has 1 aromatic carbocycles. The van der Waals surface area contributed by atoms with Gasteiger partial charge < -0.3 is 15.2 Å². The third kappa shape index (κ3) is 3.02. The standard InChI is InChI=1S/C11H14N4O3/c16-4-6-18-5-3-12-11(17)8-1-2-9-10(7-8)14-15-13-9/h1-2,7,16H,3-6H2,(H,12,17)(H,13,14,15). The lowest BCUT2D eigenvalue weighted by Gasteiger charge is -2.05. The number of aromatic nitrogens is 3. The molecule has 18 heavy (non-hydrogen) atoms. The summed E-state index contributed by atoms with van der Waals surface area (Å²) in [6.07, 6.45) is 0. The largest absolute Gasteiger partial charge is 0.394 e. The Balaban J connectivity index is 1.88. The number of rotatable bonds is 6. The first kappa shape index (κ1) is 12.5. The fourth-order valence-corrected chi connectivity index (χ4v) is 1.49. The molecule has 0 aliphatic heterocycles. The maximum absolute atomic E-state index is 11.8. The summed E-state index contributed by atoms with van der Waals surface area (Å²) < 4.78 is 5.03. The average Bonchev–Trinajstić information content (AvgIpc) is 2.85. The molecule has 7 heteroatoms. The number of hydrogen-bond acceptors (Lipinski definition) is 5. The zero-order valence-electron chi connectivity index (χ0n) is 9.72. The second-order valence-corrected chi connectivity index (χ2v) is 3.62. The summed E-state index contributed by atoms with van der Waals surface area (Å²) >= 11 is 0. The van der Waals surface area contributed by atoms with Crippen LogP contribution in [0, 0.1) is 0 Å². The lowest BCUT2D eigenvalue weighted by molar-refractivity contribution is 0.0838. The van der Waals surface area contributed by atoms with E-state index in [9.17, 15) is 4.79 Å². The van der Waals surface area contributed by atoms with Crippen LogP contribution in [0.5, 0.6) is 0 Å². The molecule has 2 aromatic rings. The molecule has 3 N–H and O–H groups in total. The van der Waals surface area contributed by atoms with Gasteiger partial charge in [-0.05, 0) is 18.2 Å². The minimum atomic E-state index is -0.188. The van der Waals surface area contributed by atoms with Crippen molar-refractivity contribution in [3.63, 3.8) is 0 Å². The highest BCUT2D eigenvalue weighted by Gasteiger charge is 2.07. The van der Waals surface area contributed by atoms with E-state index < -0.39 is 0 Å². The van der Waals surface area contributed by atoms with E-state index in [1.807, 2.05) is 0 Å². The van der Waals surface area contributed by atoms with Crippen LogP contribution in [0.15, 0.2) is 18.2 Å². The third-order valence-electron chi connectivity index (χ3n) is 2.35. The second kappa shape index (κ2) is 6.08. The van der Waals surface area contributed by atoms with E-state index >= 15 is 0 Å². The van der Waals surface area contributed by atoms with E-state index in [0.717, 1.165) is 5.52 Å². The van der Waals surface area contributed by atoms with Gasteiger partial charge in [-0.1, -0.05) is 0 Å². The number of carbonyl (C=O) groups is 1. The maximum Gasteiger partial charge on any atom is 0.251 e. The van der Waals surface area contributed by atoms with Gasteiger partial charge >= 0.3 is 0 Å². The monoisotopic (exact) mass is 250 g/mol. The second-order valence-electron chi connectivity index (χ2n) is 3.62. The first-order chi connectivity index (χ1) is 8.81. The Morgan fingerprint density at radius 1 is 1.33 bits per heavy atom. The van der Waals surface area contributed by atoms with Crippen LogP contribution in [0.1, 0.15) is 10.4 Å². The van der Waals surface area contributed by atoms with Gasteiger partial charge in [-0.15, -0.1) is 0 Å². The number of amides is 1. The van der Waals surface area contributed by atoms with E-state index in [-0.39, 0.29) is 19.1 Å².